The topological polar surface area (TPSA) is 41.8 Å². The Hall–Kier alpha value is -1.20. The predicted molar refractivity (Wildman–Crippen MR) is 64.8 cm³/mol. The van der Waals surface area contributed by atoms with Gasteiger partial charge in [0.1, 0.15) is 0 Å². The molecular weight excluding hydrogens is 276 g/mol. The molecule has 0 atom stereocenters. The second-order valence-corrected chi connectivity index (χ2v) is 4.12. The minimum absolute atomic E-state index is 0.283. The van der Waals surface area contributed by atoms with Gasteiger partial charge in [-0.3, -0.25) is 0 Å². The Morgan fingerprint density at radius 2 is 2.00 bits per heavy atom. The van der Waals surface area contributed by atoms with Crippen LogP contribution in [-0.2, 0) is 0 Å². The maximum absolute atomic E-state index is 5.08. The number of hydrogen-bond donors (Lipinski definition) is 1. The summed E-state index contributed by atoms with van der Waals surface area (Å²) in [6.07, 6.45) is 3.66. The van der Waals surface area contributed by atoms with Crippen molar-refractivity contribution in [3.8, 4) is 0 Å². The van der Waals surface area contributed by atoms with Crippen molar-refractivity contribution in [2.45, 2.75) is 0 Å². The van der Waals surface area contributed by atoms with Gasteiger partial charge in [0.2, 0.25) is 5.89 Å². The minimum Gasteiger partial charge on any atom is -0.410 e. The van der Waals surface area contributed by atoms with Crippen LogP contribution >= 0.6 is 28.1 Å². The van der Waals surface area contributed by atoms with E-state index in [1.165, 1.54) is 0 Å². The van der Waals surface area contributed by atoms with Gasteiger partial charge in [0, 0.05) is 10.5 Å². The van der Waals surface area contributed by atoms with Gasteiger partial charge >= 0.3 is 0 Å². The molecule has 1 heterocycles. The Morgan fingerprint density at radius 3 is 2.60 bits per heavy atom. The summed E-state index contributed by atoms with van der Waals surface area (Å²) in [6, 6.07) is 7.92. The maximum atomic E-state index is 5.08. The number of rotatable bonds is 2. The van der Waals surface area contributed by atoms with E-state index in [1.54, 1.807) is 6.08 Å². The molecule has 2 aromatic rings. The van der Waals surface area contributed by atoms with E-state index in [2.05, 4.69) is 26.1 Å². The molecule has 0 fully saturated rings. The van der Waals surface area contributed by atoms with Crippen LogP contribution in [0.25, 0.3) is 12.2 Å². The van der Waals surface area contributed by atoms with Crippen molar-refractivity contribution in [1.82, 2.24) is 10.2 Å². The first-order chi connectivity index (χ1) is 7.24. The second kappa shape index (κ2) is 4.55. The lowest BCUT2D eigenvalue weighted by molar-refractivity contribution is 0.527. The van der Waals surface area contributed by atoms with E-state index in [0.29, 0.717) is 5.89 Å². The maximum Gasteiger partial charge on any atom is 0.284 e. The largest absolute Gasteiger partial charge is 0.410 e. The predicted octanol–water partition coefficient (Wildman–Crippen LogP) is 3.67. The van der Waals surface area contributed by atoms with Crippen LogP contribution in [-0.4, -0.2) is 10.2 Å². The van der Waals surface area contributed by atoms with Gasteiger partial charge in [0.05, 0.1) is 0 Å². The number of aromatic amines is 1. The van der Waals surface area contributed by atoms with Crippen molar-refractivity contribution in [3.63, 3.8) is 0 Å². The molecule has 15 heavy (non-hydrogen) atoms. The molecule has 0 bridgehead atoms. The zero-order chi connectivity index (χ0) is 10.7. The summed E-state index contributed by atoms with van der Waals surface area (Å²) in [6.45, 7) is 0. The molecule has 0 unspecified atom stereocenters. The van der Waals surface area contributed by atoms with Gasteiger partial charge in [-0.2, -0.15) is 0 Å². The minimum atomic E-state index is 0.283. The van der Waals surface area contributed by atoms with E-state index < -0.39 is 0 Å². The summed E-state index contributed by atoms with van der Waals surface area (Å²) in [5.41, 5.74) is 1.07. The third-order valence-corrected chi connectivity index (χ3v) is 2.45. The van der Waals surface area contributed by atoms with Gasteiger partial charge < -0.3 is 4.42 Å². The molecule has 1 aromatic carbocycles. The van der Waals surface area contributed by atoms with Crippen molar-refractivity contribution in [2.24, 2.45) is 0 Å². The van der Waals surface area contributed by atoms with E-state index in [9.17, 15) is 0 Å². The number of aromatic nitrogens is 2. The highest BCUT2D eigenvalue weighted by Crippen LogP contribution is 2.12. The van der Waals surface area contributed by atoms with Crippen LogP contribution in [0, 0.1) is 4.84 Å². The van der Waals surface area contributed by atoms with E-state index in [4.69, 9.17) is 16.6 Å². The number of nitrogens with zero attached hydrogens (tertiary/aromatic N) is 1. The van der Waals surface area contributed by atoms with Crippen LogP contribution in [0.5, 0.6) is 0 Å². The van der Waals surface area contributed by atoms with Crippen LogP contribution in [0.4, 0.5) is 0 Å². The third-order valence-electron chi connectivity index (χ3n) is 1.74. The summed E-state index contributed by atoms with van der Waals surface area (Å²) in [7, 11) is 0. The molecule has 0 spiro atoms. The fourth-order valence-corrected chi connectivity index (χ4v) is 1.45. The molecule has 2 rings (SSSR count). The lowest BCUT2D eigenvalue weighted by Gasteiger charge is -1.91. The smallest absolute Gasteiger partial charge is 0.284 e. The number of halogens is 1. The Labute approximate surface area is 100.0 Å². The molecule has 76 valence electrons. The molecule has 0 aliphatic carbocycles. The van der Waals surface area contributed by atoms with Crippen LogP contribution in [0.15, 0.2) is 33.2 Å². The van der Waals surface area contributed by atoms with Crippen LogP contribution < -0.4 is 0 Å². The highest BCUT2D eigenvalue weighted by atomic mass is 79.9. The molecule has 1 N–H and O–H groups in total. The standard InChI is InChI=1S/C10H7BrN2OS/c11-8-4-1-7(2-5-8)3-6-9-12-13-10(15)14-9/h1-6H,(H,13,15). The van der Waals surface area contributed by atoms with E-state index in [-0.39, 0.29) is 4.84 Å². The number of H-pyrrole nitrogens is 1. The SMILES string of the molecule is S=c1[nH]nc(C=Cc2ccc(Br)cc2)o1. The highest BCUT2D eigenvalue weighted by molar-refractivity contribution is 9.10. The van der Waals surface area contributed by atoms with Gasteiger partial charge in [0.15, 0.2) is 0 Å². The van der Waals surface area contributed by atoms with E-state index in [1.807, 2.05) is 30.3 Å². The van der Waals surface area contributed by atoms with Crippen molar-refractivity contribution in [3.05, 3.63) is 45.0 Å². The highest BCUT2D eigenvalue weighted by Gasteiger charge is 1.92. The summed E-state index contributed by atoms with van der Waals surface area (Å²) in [5.74, 6) is 0.475. The van der Waals surface area contributed by atoms with Crippen LogP contribution in [0.2, 0.25) is 0 Å². The molecule has 0 aliphatic heterocycles. The van der Waals surface area contributed by atoms with Crippen molar-refractivity contribution < 1.29 is 4.42 Å². The van der Waals surface area contributed by atoms with Gasteiger partial charge in [-0.1, -0.05) is 28.1 Å². The number of hydrogen-bond acceptors (Lipinski definition) is 3. The first-order valence-electron chi connectivity index (χ1n) is 4.23. The molecule has 1 aromatic heterocycles. The zero-order valence-electron chi connectivity index (χ0n) is 7.61. The number of nitrogens with one attached hydrogen (secondary N) is 1. The van der Waals surface area contributed by atoms with Crippen molar-refractivity contribution in [2.75, 3.05) is 0 Å². The lowest BCUT2D eigenvalue weighted by Crippen LogP contribution is -1.73. The van der Waals surface area contributed by atoms with Crippen LogP contribution in [0.3, 0.4) is 0 Å². The summed E-state index contributed by atoms with van der Waals surface area (Å²) in [5, 5.41) is 6.41. The molecule has 0 radical (unpaired) electrons. The third kappa shape index (κ3) is 2.87. The molecular formula is C10H7BrN2OS. The molecule has 0 saturated carbocycles. The lowest BCUT2D eigenvalue weighted by atomic mass is 10.2. The molecule has 0 amide bonds. The Balaban J connectivity index is 2.18. The van der Waals surface area contributed by atoms with Gasteiger partial charge in [-0.25, -0.2) is 5.10 Å². The number of benzene rings is 1. The summed E-state index contributed by atoms with van der Waals surface area (Å²) < 4.78 is 6.13. The van der Waals surface area contributed by atoms with Gasteiger partial charge in [-0.15, -0.1) is 5.10 Å². The van der Waals surface area contributed by atoms with Crippen LogP contribution in [0.1, 0.15) is 11.5 Å². The molecule has 5 heteroatoms. The fraction of sp³-hybridized carbons (Fsp3) is 0. The first kappa shape index (κ1) is 10.3. The van der Waals surface area contributed by atoms with Gasteiger partial charge in [-0.05, 0) is 36.0 Å². The first-order valence-corrected chi connectivity index (χ1v) is 5.43. The average Bonchev–Trinajstić information content (AvgIpc) is 2.64. The van der Waals surface area contributed by atoms with Gasteiger partial charge in [0.25, 0.3) is 4.84 Å². The molecule has 0 saturated heterocycles. The summed E-state index contributed by atoms with van der Waals surface area (Å²) in [4.78, 5) is 0.283. The quantitative estimate of drug-likeness (QED) is 0.855. The molecule has 3 nitrogen and oxygen atoms in total. The fourth-order valence-electron chi connectivity index (χ4n) is 1.05. The average molecular weight is 283 g/mol. The van der Waals surface area contributed by atoms with E-state index >= 15 is 0 Å². The monoisotopic (exact) mass is 282 g/mol. The summed E-state index contributed by atoms with van der Waals surface area (Å²) >= 11 is 8.13. The second-order valence-electron chi connectivity index (χ2n) is 2.84. The Bertz CT molecular complexity index is 527. The zero-order valence-corrected chi connectivity index (χ0v) is 10.0. The van der Waals surface area contributed by atoms with Crippen molar-refractivity contribution in [1.29, 1.82) is 0 Å². The molecule has 0 aliphatic rings. The van der Waals surface area contributed by atoms with Crippen molar-refractivity contribution >= 4 is 40.3 Å². The Kier molecular flexibility index (Phi) is 3.13. The Morgan fingerprint density at radius 1 is 1.27 bits per heavy atom. The normalized spacial score (nSPS) is 11.0. The van der Waals surface area contributed by atoms with E-state index in [0.717, 1.165) is 10.0 Å².